The molecule has 1 aliphatic rings. The number of aromatic amines is 1. The summed E-state index contributed by atoms with van der Waals surface area (Å²) in [5, 5.41) is 2.62. The molecule has 10 heteroatoms. The fourth-order valence-corrected chi connectivity index (χ4v) is 4.50. The SMILES string of the molecule is COC(=O)N[C@H](C(=O)N1CCC[C@H]1c1ncc(-c2ccc(-c3ccc(N)cc3F)c(F)c2)[nH]1)C(C)C. The average molecular weight is 498 g/mol. The first-order valence-electron chi connectivity index (χ1n) is 11.7. The van der Waals surface area contributed by atoms with Gasteiger partial charge in [0.15, 0.2) is 0 Å². The molecular formula is C26H29F2N5O3. The van der Waals surface area contributed by atoms with E-state index in [0.29, 0.717) is 30.0 Å². The molecule has 0 unspecified atom stereocenters. The number of anilines is 1. The van der Waals surface area contributed by atoms with Crippen LogP contribution in [0.15, 0.2) is 42.6 Å². The standard InChI is InChI=1S/C26H29F2N5O3/c1-14(2)23(32-26(35)36-3)25(34)33-10-4-5-22(33)24-30-13-21(31-24)15-6-8-17(19(27)11-15)18-9-7-16(29)12-20(18)28/h6-9,11-14,22-23H,4-5,10,29H2,1-3H3,(H,30,31)(H,32,35)/t22-,23-/m0/s1. The number of hydrogen-bond donors (Lipinski definition) is 3. The molecule has 2 heterocycles. The maximum atomic E-state index is 14.9. The minimum absolute atomic E-state index is 0.124. The Hall–Kier alpha value is -3.95. The molecule has 4 N–H and O–H groups in total. The van der Waals surface area contributed by atoms with Crippen molar-refractivity contribution in [2.24, 2.45) is 5.92 Å². The van der Waals surface area contributed by atoms with Gasteiger partial charge in [0.1, 0.15) is 23.5 Å². The molecule has 36 heavy (non-hydrogen) atoms. The van der Waals surface area contributed by atoms with Crippen molar-refractivity contribution in [3.05, 3.63) is 60.1 Å². The quantitative estimate of drug-likeness (QED) is 0.429. The van der Waals surface area contributed by atoms with E-state index in [1.54, 1.807) is 17.2 Å². The number of amides is 2. The summed E-state index contributed by atoms with van der Waals surface area (Å²) in [6, 6.07) is 7.59. The number of methoxy groups -OCH3 is 1. The summed E-state index contributed by atoms with van der Waals surface area (Å²) in [5.41, 5.74) is 7.21. The van der Waals surface area contributed by atoms with Crippen molar-refractivity contribution >= 4 is 17.7 Å². The van der Waals surface area contributed by atoms with Crippen LogP contribution < -0.4 is 11.1 Å². The number of imidazole rings is 1. The van der Waals surface area contributed by atoms with Gasteiger partial charge >= 0.3 is 6.09 Å². The number of nitrogen functional groups attached to an aromatic ring is 1. The summed E-state index contributed by atoms with van der Waals surface area (Å²) in [6.07, 6.45) is 2.40. The van der Waals surface area contributed by atoms with Crippen LogP contribution in [-0.2, 0) is 9.53 Å². The van der Waals surface area contributed by atoms with E-state index in [0.717, 1.165) is 12.5 Å². The predicted molar refractivity (Wildman–Crippen MR) is 132 cm³/mol. The number of nitrogens with two attached hydrogens (primary N) is 1. The summed E-state index contributed by atoms with van der Waals surface area (Å²) in [5.74, 6) is -0.962. The molecule has 1 aliphatic heterocycles. The monoisotopic (exact) mass is 497 g/mol. The molecule has 0 spiro atoms. The van der Waals surface area contributed by atoms with Gasteiger partial charge in [-0.3, -0.25) is 4.79 Å². The lowest BCUT2D eigenvalue weighted by Gasteiger charge is -2.30. The number of halogens is 2. The highest BCUT2D eigenvalue weighted by Gasteiger charge is 2.37. The molecule has 2 aromatic carbocycles. The summed E-state index contributed by atoms with van der Waals surface area (Å²) in [6.45, 7) is 4.23. The Bertz CT molecular complexity index is 1280. The predicted octanol–water partition coefficient (Wildman–Crippen LogP) is 4.65. The van der Waals surface area contributed by atoms with Crippen molar-refractivity contribution in [1.29, 1.82) is 0 Å². The fourth-order valence-electron chi connectivity index (χ4n) is 4.50. The van der Waals surface area contributed by atoms with Gasteiger partial charge in [-0.15, -0.1) is 0 Å². The van der Waals surface area contributed by atoms with Gasteiger partial charge in [-0.05, 0) is 43.0 Å². The van der Waals surface area contributed by atoms with Crippen LogP contribution in [0.2, 0.25) is 0 Å². The molecule has 0 bridgehead atoms. The molecule has 4 rings (SSSR count). The van der Waals surface area contributed by atoms with E-state index >= 15 is 0 Å². The van der Waals surface area contributed by atoms with Crippen LogP contribution in [0.3, 0.4) is 0 Å². The van der Waals surface area contributed by atoms with Gasteiger partial charge in [-0.1, -0.05) is 26.0 Å². The van der Waals surface area contributed by atoms with Crippen molar-refractivity contribution in [1.82, 2.24) is 20.2 Å². The van der Waals surface area contributed by atoms with Gasteiger partial charge in [0.2, 0.25) is 5.91 Å². The number of likely N-dealkylation sites (tertiary alicyclic amines) is 1. The van der Waals surface area contributed by atoms with E-state index in [1.807, 2.05) is 13.8 Å². The number of carbonyl (C=O) groups excluding carboxylic acids is 2. The van der Waals surface area contributed by atoms with E-state index in [1.165, 1.54) is 31.4 Å². The lowest BCUT2D eigenvalue weighted by Crippen LogP contribution is -2.51. The average Bonchev–Trinajstić information content (AvgIpc) is 3.52. The Labute approximate surface area is 207 Å². The second-order valence-electron chi connectivity index (χ2n) is 9.16. The molecular weight excluding hydrogens is 468 g/mol. The number of rotatable bonds is 6. The number of alkyl carbamates (subject to hydrolysis) is 1. The number of hydrogen-bond acceptors (Lipinski definition) is 5. The van der Waals surface area contributed by atoms with Gasteiger partial charge in [0, 0.05) is 28.9 Å². The van der Waals surface area contributed by atoms with Crippen LogP contribution in [0, 0.1) is 17.6 Å². The van der Waals surface area contributed by atoms with Gasteiger partial charge in [0.05, 0.1) is 25.0 Å². The Morgan fingerprint density at radius 1 is 1.17 bits per heavy atom. The van der Waals surface area contributed by atoms with Gasteiger partial charge in [-0.25, -0.2) is 18.6 Å². The summed E-state index contributed by atoms with van der Waals surface area (Å²) >= 11 is 0. The molecule has 190 valence electrons. The van der Waals surface area contributed by atoms with Crippen LogP contribution in [0.5, 0.6) is 0 Å². The van der Waals surface area contributed by atoms with Crippen molar-refractivity contribution in [3.8, 4) is 22.4 Å². The third-order valence-electron chi connectivity index (χ3n) is 6.40. The van der Waals surface area contributed by atoms with Gasteiger partial charge < -0.3 is 25.7 Å². The van der Waals surface area contributed by atoms with E-state index in [9.17, 15) is 18.4 Å². The second kappa shape index (κ2) is 10.3. The first-order chi connectivity index (χ1) is 17.2. The first kappa shape index (κ1) is 25.2. The summed E-state index contributed by atoms with van der Waals surface area (Å²) in [4.78, 5) is 34.4. The number of aromatic nitrogens is 2. The number of benzene rings is 2. The van der Waals surface area contributed by atoms with Gasteiger partial charge in [-0.2, -0.15) is 0 Å². The summed E-state index contributed by atoms with van der Waals surface area (Å²) in [7, 11) is 1.25. The molecule has 1 saturated heterocycles. The third-order valence-corrected chi connectivity index (χ3v) is 6.40. The Morgan fingerprint density at radius 2 is 1.86 bits per heavy atom. The number of H-pyrrole nitrogens is 1. The highest BCUT2D eigenvalue weighted by atomic mass is 19.1. The maximum absolute atomic E-state index is 14.9. The fraction of sp³-hybridized carbons (Fsp3) is 0.346. The van der Waals surface area contributed by atoms with Crippen LogP contribution in [0.4, 0.5) is 19.3 Å². The first-order valence-corrected chi connectivity index (χ1v) is 11.7. The molecule has 1 fully saturated rings. The molecule has 8 nitrogen and oxygen atoms in total. The molecule has 1 aromatic heterocycles. The minimum atomic E-state index is -0.733. The molecule has 0 radical (unpaired) electrons. The van der Waals surface area contributed by atoms with Crippen LogP contribution in [0.1, 0.15) is 38.6 Å². The zero-order chi connectivity index (χ0) is 26.0. The summed E-state index contributed by atoms with van der Waals surface area (Å²) < 4.78 is 33.9. The highest BCUT2D eigenvalue weighted by Crippen LogP contribution is 2.34. The van der Waals surface area contributed by atoms with Crippen LogP contribution >= 0.6 is 0 Å². The van der Waals surface area contributed by atoms with Crippen LogP contribution in [0.25, 0.3) is 22.4 Å². The lowest BCUT2D eigenvalue weighted by molar-refractivity contribution is -0.135. The molecule has 2 atom stereocenters. The van der Waals surface area contributed by atoms with Crippen LogP contribution in [-0.4, -0.2) is 46.6 Å². The lowest BCUT2D eigenvalue weighted by atomic mass is 10.0. The zero-order valence-corrected chi connectivity index (χ0v) is 20.3. The van der Waals surface area contributed by atoms with Gasteiger partial charge in [0.25, 0.3) is 0 Å². The third kappa shape index (κ3) is 5.02. The smallest absolute Gasteiger partial charge is 0.407 e. The Kier molecular flexibility index (Phi) is 7.23. The van der Waals surface area contributed by atoms with E-state index < -0.39 is 23.8 Å². The molecule has 0 saturated carbocycles. The maximum Gasteiger partial charge on any atom is 0.407 e. The highest BCUT2D eigenvalue weighted by molar-refractivity contribution is 5.86. The van der Waals surface area contributed by atoms with Crippen molar-refractivity contribution in [2.75, 3.05) is 19.4 Å². The number of nitrogens with one attached hydrogen (secondary N) is 2. The topological polar surface area (TPSA) is 113 Å². The largest absolute Gasteiger partial charge is 0.453 e. The van der Waals surface area contributed by atoms with Crippen molar-refractivity contribution < 1.29 is 23.1 Å². The van der Waals surface area contributed by atoms with E-state index in [-0.39, 0.29) is 34.7 Å². The second-order valence-corrected chi connectivity index (χ2v) is 9.16. The minimum Gasteiger partial charge on any atom is -0.453 e. The Morgan fingerprint density at radius 3 is 2.50 bits per heavy atom. The molecule has 0 aliphatic carbocycles. The number of ether oxygens (including phenoxy) is 1. The van der Waals surface area contributed by atoms with E-state index in [2.05, 4.69) is 20.0 Å². The number of carbonyl (C=O) groups is 2. The zero-order valence-electron chi connectivity index (χ0n) is 20.3. The van der Waals surface area contributed by atoms with Crippen molar-refractivity contribution in [3.63, 3.8) is 0 Å². The Balaban J connectivity index is 1.56. The van der Waals surface area contributed by atoms with E-state index in [4.69, 9.17) is 5.73 Å². The molecule has 3 aromatic rings. The van der Waals surface area contributed by atoms with Crippen molar-refractivity contribution in [2.45, 2.75) is 38.8 Å². The molecule has 2 amide bonds. The number of nitrogens with zero attached hydrogens (tertiary/aromatic N) is 2. The normalized spacial score (nSPS) is 16.3.